The van der Waals surface area contributed by atoms with Gasteiger partial charge >= 0.3 is 0 Å². The Balaban J connectivity index is 0.00000200. The van der Waals surface area contributed by atoms with Crippen molar-refractivity contribution in [3.8, 4) is 0 Å². The zero-order valence-corrected chi connectivity index (χ0v) is 13.9. The molecule has 20 heavy (non-hydrogen) atoms. The highest BCUT2D eigenvalue weighted by atomic mass is 35.5. The molecule has 4 heteroatoms. The Hall–Kier alpha value is -0.280. The van der Waals surface area contributed by atoms with Gasteiger partial charge in [0.15, 0.2) is 0 Å². The Labute approximate surface area is 130 Å². The average molecular weight is 303 g/mol. The van der Waals surface area contributed by atoms with E-state index in [9.17, 15) is 4.79 Å². The maximum absolute atomic E-state index is 11.8. The normalized spacial score (nSPS) is 26.0. The highest BCUT2D eigenvalue weighted by Gasteiger charge is 2.26. The van der Waals surface area contributed by atoms with Gasteiger partial charge in [-0.25, -0.2) is 0 Å². The second-order valence-corrected chi connectivity index (χ2v) is 7.24. The van der Waals surface area contributed by atoms with Crippen LogP contribution in [0.1, 0.15) is 65.2 Å². The van der Waals surface area contributed by atoms with Gasteiger partial charge in [-0.3, -0.25) is 4.79 Å². The minimum atomic E-state index is 0. The summed E-state index contributed by atoms with van der Waals surface area (Å²) in [5, 5.41) is 6.58. The van der Waals surface area contributed by atoms with Crippen LogP contribution in [-0.2, 0) is 4.79 Å². The summed E-state index contributed by atoms with van der Waals surface area (Å²) in [7, 11) is 0. The van der Waals surface area contributed by atoms with Crippen LogP contribution in [0.4, 0.5) is 0 Å². The molecule has 1 aliphatic heterocycles. The van der Waals surface area contributed by atoms with Crippen LogP contribution in [0.25, 0.3) is 0 Å². The first kappa shape index (κ1) is 17.8. The van der Waals surface area contributed by atoms with E-state index in [0.29, 0.717) is 23.8 Å². The van der Waals surface area contributed by atoms with Crippen LogP contribution in [0.2, 0.25) is 0 Å². The van der Waals surface area contributed by atoms with Crippen LogP contribution in [0.5, 0.6) is 0 Å². The summed E-state index contributed by atoms with van der Waals surface area (Å²) < 4.78 is 0. The number of amides is 1. The van der Waals surface area contributed by atoms with Crippen molar-refractivity contribution in [2.45, 2.75) is 71.3 Å². The van der Waals surface area contributed by atoms with Crippen molar-refractivity contribution >= 4 is 18.3 Å². The number of carbonyl (C=O) groups excluding carboxylic acids is 1. The van der Waals surface area contributed by atoms with Crippen molar-refractivity contribution < 1.29 is 4.79 Å². The van der Waals surface area contributed by atoms with E-state index in [2.05, 4.69) is 24.5 Å². The fourth-order valence-electron chi connectivity index (χ4n) is 3.32. The van der Waals surface area contributed by atoms with Crippen molar-refractivity contribution in [3.05, 3.63) is 0 Å². The van der Waals surface area contributed by atoms with Crippen LogP contribution in [0, 0.1) is 11.3 Å². The molecule has 1 saturated heterocycles. The summed E-state index contributed by atoms with van der Waals surface area (Å²) in [6.45, 7) is 6.74. The molecule has 2 N–H and O–H groups in total. The number of nitrogens with one attached hydrogen (secondary N) is 2. The molecule has 1 unspecified atom stereocenters. The number of halogens is 1. The van der Waals surface area contributed by atoms with E-state index < -0.39 is 0 Å². The molecule has 1 heterocycles. The lowest BCUT2D eigenvalue weighted by atomic mass is 9.73. The highest BCUT2D eigenvalue weighted by Crippen LogP contribution is 2.37. The van der Waals surface area contributed by atoms with Gasteiger partial charge in [0.05, 0.1) is 0 Å². The van der Waals surface area contributed by atoms with E-state index in [-0.39, 0.29) is 18.3 Å². The van der Waals surface area contributed by atoms with E-state index in [1.165, 1.54) is 38.5 Å². The SMILES string of the molecule is CC1(C)CCC(CNC(=O)CCC2CCCN2)CC1.Cl. The lowest BCUT2D eigenvalue weighted by Gasteiger charge is -2.34. The molecule has 0 aromatic rings. The van der Waals surface area contributed by atoms with Crippen molar-refractivity contribution in [1.29, 1.82) is 0 Å². The van der Waals surface area contributed by atoms with Gasteiger partial charge in [-0.15, -0.1) is 12.4 Å². The second-order valence-electron chi connectivity index (χ2n) is 7.24. The van der Waals surface area contributed by atoms with Gasteiger partial charge in [0.2, 0.25) is 5.91 Å². The summed E-state index contributed by atoms with van der Waals surface area (Å²) in [5.74, 6) is 0.958. The van der Waals surface area contributed by atoms with Gasteiger partial charge in [-0.05, 0) is 62.8 Å². The molecule has 118 valence electrons. The van der Waals surface area contributed by atoms with E-state index in [0.717, 1.165) is 19.5 Å². The molecule has 3 nitrogen and oxygen atoms in total. The third kappa shape index (κ3) is 6.01. The number of hydrogen-bond donors (Lipinski definition) is 2. The molecule has 0 aromatic heterocycles. The Morgan fingerprint density at radius 3 is 2.55 bits per heavy atom. The third-order valence-electron chi connectivity index (χ3n) is 4.93. The average Bonchev–Trinajstić information content (AvgIpc) is 2.88. The summed E-state index contributed by atoms with van der Waals surface area (Å²) in [6, 6.07) is 0.584. The maximum Gasteiger partial charge on any atom is 0.220 e. The molecule has 0 aromatic carbocycles. The van der Waals surface area contributed by atoms with Crippen molar-refractivity contribution in [2.24, 2.45) is 11.3 Å². The second kappa shape index (κ2) is 8.23. The molecule has 1 aliphatic carbocycles. The van der Waals surface area contributed by atoms with Crippen LogP contribution >= 0.6 is 12.4 Å². The van der Waals surface area contributed by atoms with E-state index >= 15 is 0 Å². The van der Waals surface area contributed by atoms with Crippen LogP contribution in [0.15, 0.2) is 0 Å². The summed E-state index contributed by atoms with van der Waals surface area (Å²) in [5.41, 5.74) is 0.522. The van der Waals surface area contributed by atoms with Gasteiger partial charge < -0.3 is 10.6 Å². The van der Waals surface area contributed by atoms with E-state index in [4.69, 9.17) is 0 Å². The Morgan fingerprint density at radius 1 is 1.25 bits per heavy atom. The summed E-state index contributed by atoms with van der Waals surface area (Å²) in [6.07, 6.45) is 9.36. The van der Waals surface area contributed by atoms with Gasteiger partial charge in [-0.2, -0.15) is 0 Å². The first-order chi connectivity index (χ1) is 9.05. The minimum absolute atomic E-state index is 0. The van der Waals surface area contributed by atoms with Gasteiger partial charge in [0.25, 0.3) is 0 Å². The molecule has 0 spiro atoms. The first-order valence-electron chi connectivity index (χ1n) is 8.05. The summed E-state index contributed by atoms with van der Waals surface area (Å²) in [4.78, 5) is 11.8. The number of carbonyl (C=O) groups is 1. The fraction of sp³-hybridized carbons (Fsp3) is 0.938. The van der Waals surface area contributed by atoms with E-state index in [1.807, 2.05) is 0 Å². The Morgan fingerprint density at radius 2 is 1.95 bits per heavy atom. The first-order valence-corrected chi connectivity index (χ1v) is 8.05. The molecule has 2 rings (SSSR count). The monoisotopic (exact) mass is 302 g/mol. The van der Waals surface area contributed by atoms with Crippen molar-refractivity contribution in [1.82, 2.24) is 10.6 Å². The lowest BCUT2D eigenvalue weighted by Crippen LogP contribution is -2.33. The molecule has 2 aliphatic rings. The topological polar surface area (TPSA) is 41.1 Å². The van der Waals surface area contributed by atoms with E-state index in [1.54, 1.807) is 0 Å². The smallest absolute Gasteiger partial charge is 0.220 e. The highest BCUT2D eigenvalue weighted by molar-refractivity contribution is 5.85. The van der Waals surface area contributed by atoms with Gasteiger partial charge in [0, 0.05) is 19.0 Å². The van der Waals surface area contributed by atoms with Crippen LogP contribution in [0.3, 0.4) is 0 Å². The standard InChI is InChI=1S/C16H30N2O.ClH/c1-16(2)9-7-13(8-10-16)12-18-15(19)6-5-14-4-3-11-17-14;/h13-14,17H,3-12H2,1-2H3,(H,18,19);1H. The summed E-state index contributed by atoms with van der Waals surface area (Å²) >= 11 is 0. The molecule has 0 radical (unpaired) electrons. The number of rotatable bonds is 5. The predicted octanol–water partition coefficient (Wildman–Crippen LogP) is 3.27. The Kier molecular flexibility index (Phi) is 7.32. The van der Waals surface area contributed by atoms with Gasteiger partial charge in [-0.1, -0.05) is 13.8 Å². The lowest BCUT2D eigenvalue weighted by molar-refractivity contribution is -0.121. The molecular formula is C16H31ClN2O. The molecule has 0 bridgehead atoms. The predicted molar refractivity (Wildman–Crippen MR) is 86.3 cm³/mol. The quantitative estimate of drug-likeness (QED) is 0.818. The largest absolute Gasteiger partial charge is 0.356 e. The zero-order valence-electron chi connectivity index (χ0n) is 13.0. The van der Waals surface area contributed by atoms with Crippen molar-refractivity contribution in [3.63, 3.8) is 0 Å². The zero-order chi connectivity index (χ0) is 13.7. The molecule has 1 saturated carbocycles. The Bertz CT molecular complexity index is 291. The van der Waals surface area contributed by atoms with Crippen molar-refractivity contribution in [2.75, 3.05) is 13.1 Å². The molecule has 2 fully saturated rings. The van der Waals surface area contributed by atoms with Gasteiger partial charge in [0.1, 0.15) is 0 Å². The number of hydrogen-bond acceptors (Lipinski definition) is 2. The third-order valence-corrected chi connectivity index (χ3v) is 4.93. The molecule has 1 amide bonds. The maximum atomic E-state index is 11.8. The minimum Gasteiger partial charge on any atom is -0.356 e. The van der Waals surface area contributed by atoms with Crippen LogP contribution < -0.4 is 10.6 Å². The molecule has 1 atom stereocenters. The fourth-order valence-corrected chi connectivity index (χ4v) is 3.32. The van der Waals surface area contributed by atoms with Crippen LogP contribution in [-0.4, -0.2) is 25.0 Å². The molecular weight excluding hydrogens is 272 g/mol.